The van der Waals surface area contributed by atoms with Crippen molar-refractivity contribution in [2.75, 3.05) is 18.6 Å². The Morgan fingerprint density at radius 1 is 1.18 bits per heavy atom. The number of benzene rings is 1. The SMILES string of the molecule is CC(C)N(CCS(C)(=O)=O)Cc1nnc(-c2ccccc2)s1. The molecule has 0 atom stereocenters. The largest absolute Gasteiger partial charge is 0.293 e. The summed E-state index contributed by atoms with van der Waals surface area (Å²) in [6.45, 7) is 5.25. The van der Waals surface area contributed by atoms with Gasteiger partial charge in [-0.05, 0) is 13.8 Å². The lowest BCUT2D eigenvalue weighted by molar-refractivity contribution is 0.225. The fourth-order valence-electron chi connectivity index (χ4n) is 1.99. The Hall–Kier alpha value is -1.31. The van der Waals surface area contributed by atoms with Gasteiger partial charge in [-0.3, -0.25) is 4.90 Å². The Balaban J connectivity index is 2.06. The first kappa shape index (κ1) is 17.1. The molecular weight excluding hydrogens is 318 g/mol. The maximum absolute atomic E-state index is 11.3. The highest BCUT2D eigenvalue weighted by molar-refractivity contribution is 7.90. The molecular formula is C15H21N3O2S2. The molecule has 0 fully saturated rings. The Bertz CT molecular complexity index is 697. The molecule has 2 rings (SSSR count). The van der Waals surface area contributed by atoms with Crippen LogP contribution < -0.4 is 0 Å². The smallest absolute Gasteiger partial charge is 0.148 e. The highest BCUT2D eigenvalue weighted by Crippen LogP contribution is 2.24. The van der Waals surface area contributed by atoms with E-state index in [0.29, 0.717) is 13.1 Å². The summed E-state index contributed by atoms with van der Waals surface area (Å²) in [5.74, 6) is 0.162. The van der Waals surface area contributed by atoms with Gasteiger partial charge in [0.1, 0.15) is 19.9 Å². The molecule has 0 bridgehead atoms. The van der Waals surface area contributed by atoms with Gasteiger partial charge in [0.05, 0.1) is 12.3 Å². The van der Waals surface area contributed by atoms with Crippen LogP contribution in [-0.4, -0.2) is 48.1 Å². The van der Waals surface area contributed by atoms with Crippen molar-refractivity contribution in [3.63, 3.8) is 0 Å². The fraction of sp³-hybridized carbons (Fsp3) is 0.467. The second-order valence-electron chi connectivity index (χ2n) is 5.56. The number of rotatable bonds is 7. The molecule has 1 aromatic carbocycles. The topological polar surface area (TPSA) is 63.2 Å². The van der Waals surface area contributed by atoms with Crippen LogP contribution in [0, 0.1) is 0 Å². The lowest BCUT2D eigenvalue weighted by atomic mass is 10.2. The Kier molecular flexibility index (Phi) is 5.66. The molecule has 0 aliphatic carbocycles. The summed E-state index contributed by atoms with van der Waals surface area (Å²) in [7, 11) is -2.96. The first-order valence-electron chi connectivity index (χ1n) is 7.15. The van der Waals surface area contributed by atoms with Crippen LogP contribution in [0.4, 0.5) is 0 Å². The first-order valence-corrected chi connectivity index (χ1v) is 10.0. The molecule has 5 nitrogen and oxygen atoms in total. The molecule has 0 amide bonds. The first-order chi connectivity index (χ1) is 10.3. The van der Waals surface area contributed by atoms with Crippen molar-refractivity contribution in [2.24, 2.45) is 0 Å². The van der Waals surface area contributed by atoms with Crippen LogP contribution in [0.5, 0.6) is 0 Å². The van der Waals surface area contributed by atoms with E-state index < -0.39 is 9.84 Å². The fourth-order valence-corrected chi connectivity index (χ4v) is 3.43. The van der Waals surface area contributed by atoms with Crippen molar-refractivity contribution in [3.8, 4) is 10.6 Å². The van der Waals surface area contributed by atoms with Gasteiger partial charge in [-0.25, -0.2) is 8.42 Å². The van der Waals surface area contributed by atoms with Gasteiger partial charge >= 0.3 is 0 Å². The van der Waals surface area contributed by atoms with E-state index in [1.807, 2.05) is 30.3 Å². The van der Waals surface area contributed by atoms with E-state index in [1.54, 1.807) is 11.3 Å². The lowest BCUT2D eigenvalue weighted by Crippen LogP contribution is -2.34. The Labute approximate surface area is 135 Å². The molecule has 2 aromatic rings. The zero-order valence-corrected chi connectivity index (χ0v) is 14.7. The van der Waals surface area contributed by atoms with E-state index in [9.17, 15) is 8.42 Å². The van der Waals surface area contributed by atoms with Crippen molar-refractivity contribution >= 4 is 21.2 Å². The molecule has 0 aliphatic heterocycles. The molecule has 0 saturated heterocycles. The van der Waals surface area contributed by atoms with E-state index in [-0.39, 0.29) is 11.8 Å². The third-order valence-electron chi connectivity index (χ3n) is 3.31. The molecule has 0 radical (unpaired) electrons. The van der Waals surface area contributed by atoms with Crippen molar-refractivity contribution in [2.45, 2.75) is 26.4 Å². The third kappa shape index (κ3) is 5.15. The predicted octanol–water partition coefficient (Wildman–Crippen LogP) is 2.46. The van der Waals surface area contributed by atoms with Crippen molar-refractivity contribution in [3.05, 3.63) is 35.3 Å². The quantitative estimate of drug-likeness (QED) is 0.775. The average molecular weight is 339 g/mol. The number of aromatic nitrogens is 2. The van der Waals surface area contributed by atoms with Gasteiger partial charge in [-0.2, -0.15) is 0 Å². The summed E-state index contributed by atoms with van der Waals surface area (Å²) in [6.07, 6.45) is 1.27. The third-order valence-corrected chi connectivity index (χ3v) is 5.19. The number of sulfone groups is 1. The van der Waals surface area contributed by atoms with Crippen LogP contribution in [0.3, 0.4) is 0 Å². The number of nitrogens with zero attached hydrogens (tertiary/aromatic N) is 3. The van der Waals surface area contributed by atoms with Crippen molar-refractivity contribution in [1.82, 2.24) is 15.1 Å². The molecule has 7 heteroatoms. The minimum absolute atomic E-state index is 0.162. The summed E-state index contributed by atoms with van der Waals surface area (Å²) >= 11 is 1.55. The standard InChI is InChI=1S/C15H21N3O2S2/c1-12(2)18(9-10-22(3,19)20)11-14-16-17-15(21-14)13-7-5-4-6-8-13/h4-8,12H,9-11H2,1-3H3. The highest BCUT2D eigenvalue weighted by Gasteiger charge is 2.16. The van der Waals surface area contributed by atoms with Gasteiger partial charge < -0.3 is 0 Å². The summed E-state index contributed by atoms with van der Waals surface area (Å²) in [4.78, 5) is 2.11. The molecule has 22 heavy (non-hydrogen) atoms. The summed E-state index contributed by atoms with van der Waals surface area (Å²) in [5.41, 5.74) is 1.05. The highest BCUT2D eigenvalue weighted by atomic mass is 32.2. The van der Waals surface area contributed by atoms with Crippen molar-refractivity contribution < 1.29 is 8.42 Å². The van der Waals surface area contributed by atoms with E-state index in [1.165, 1.54) is 6.26 Å². The molecule has 0 aliphatic rings. The van der Waals surface area contributed by atoms with Crippen LogP contribution in [0.2, 0.25) is 0 Å². The molecule has 0 N–H and O–H groups in total. The summed E-state index contributed by atoms with van der Waals surface area (Å²) < 4.78 is 22.7. The molecule has 0 saturated carbocycles. The van der Waals surface area contributed by atoms with Gasteiger partial charge in [-0.1, -0.05) is 41.7 Å². The normalized spacial score (nSPS) is 12.2. The molecule has 0 spiro atoms. The zero-order chi connectivity index (χ0) is 16.2. The minimum Gasteiger partial charge on any atom is -0.293 e. The Morgan fingerprint density at radius 3 is 2.45 bits per heavy atom. The maximum Gasteiger partial charge on any atom is 0.148 e. The minimum atomic E-state index is -2.96. The van der Waals surface area contributed by atoms with Crippen molar-refractivity contribution in [1.29, 1.82) is 0 Å². The van der Waals surface area contributed by atoms with E-state index in [2.05, 4.69) is 28.9 Å². The monoisotopic (exact) mass is 339 g/mol. The maximum atomic E-state index is 11.3. The van der Waals surface area contributed by atoms with Gasteiger partial charge in [0.15, 0.2) is 0 Å². The van der Waals surface area contributed by atoms with Crippen LogP contribution in [0.1, 0.15) is 18.9 Å². The predicted molar refractivity (Wildman–Crippen MR) is 90.6 cm³/mol. The second-order valence-corrected chi connectivity index (χ2v) is 8.88. The number of hydrogen-bond acceptors (Lipinski definition) is 6. The molecule has 0 unspecified atom stereocenters. The molecule has 1 aromatic heterocycles. The molecule has 120 valence electrons. The Morgan fingerprint density at radius 2 is 1.86 bits per heavy atom. The van der Waals surface area contributed by atoms with E-state index in [4.69, 9.17) is 0 Å². The van der Waals surface area contributed by atoms with E-state index >= 15 is 0 Å². The summed E-state index contributed by atoms with van der Waals surface area (Å²) in [5, 5.41) is 10.3. The van der Waals surface area contributed by atoms with Gasteiger partial charge in [0.2, 0.25) is 0 Å². The van der Waals surface area contributed by atoms with Gasteiger partial charge in [0, 0.05) is 24.4 Å². The zero-order valence-electron chi connectivity index (χ0n) is 13.1. The van der Waals surface area contributed by atoms with Crippen LogP contribution >= 0.6 is 11.3 Å². The lowest BCUT2D eigenvalue weighted by Gasteiger charge is -2.24. The average Bonchev–Trinajstić information content (AvgIpc) is 2.91. The molecule has 1 heterocycles. The van der Waals surface area contributed by atoms with Gasteiger partial charge in [-0.15, -0.1) is 10.2 Å². The second kappa shape index (κ2) is 7.30. The van der Waals surface area contributed by atoms with Crippen LogP contribution in [0.25, 0.3) is 10.6 Å². The van der Waals surface area contributed by atoms with Crippen LogP contribution in [0.15, 0.2) is 30.3 Å². The van der Waals surface area contributed by atoms with Crippen LogP contribution in [-0.2, 0) is 16.4 Å². The number of hydrogen-bond donors (Lipinski definition) is 0. The summed E-state index contributed by atoms with van der Waals surface area (Å²) in [6, 6.07) is 10.2. The van der Waals surface area contributed by atoms with Gasteiger partial charge in [0.25, 0.3) is 0 Å². The van der Waals surface area contributed by atoms with E-state index in [0.717, 1.165) is 15.6 Å².